The first-order valence-electron chi connectivity index (χ1n) is 8.80. The van der Waals surface area contributed by atoms with Gasteiger partial charge >= 0.3 is 0 Å². The van der Waals surface area contributed by atoms with Crippen LogP contribution in [0.4, 0.5) is 5.95 Å². The van der Waals surface area contributed by atoms with Crippen molar-refractivity contribution in [3.8, 4) is 0 Å². The largest absolute Gasteiger partial charge is 0.342 e. The molecule has 130 valence electrons. The normalized spacial score (nSPS) is 21.7. The van der Waals surface area contributed by atoms with E-state index in [-0.39, 0.29) is 5.91 Å². The number of aromatic nitrogens is 2. The summed E-state index contributed by atoms with van der Waals surface area (Å²) in [6, 6.07) is 0.336. The quantitative estimate of drug-likeness (QED) is 0.775. The molecule has 2 aliphatic rings. The summed E-state index contributed by atoms with van der Waals surface area (Å²) in [5.74, 6) is 0.668. The van der Waals surface area contributed by atoms with Crippen molar-refractivity contribution in [2.75, 3.05) is 37.6 Å². The third-order valence-electron chi connectivity index (χ3n) is 4.99. The van der Waals surface area contributed by atoms with Crippen LogP contribution in [0.2, 0.25) is 0 Å². The predicted molar refractivity (Wildman–Crippen MR) is 90.8 cm³/mol. The van der Waals surface area contributed by atoms with Crippen LogP contribution in [0.15, 0.2) is 12.4 Å². The second-order valence-electron chi connectivity index (χ2n) is 6.46. The molecule has 2 amide bonds. The van der Waals surface area contributed by atoms with Crippen molar-refractivity contribution < 1.29 is 9.59 Å². The Morgan fingerprint density at radius 3 is 2.50 bits per heavy atom. The molecule has 0 N–H and O–H groups in total. The molecular weight excluding hydrogens is 306 g/mol. The van der Waals surface area contributed by atoms with E-state index in [1.165, 1.54) is 6.42 Å². The third kappa shape index (κ3) is 3.49. The molecule has 0 aromatic carbocycles. The highest BCUT2D eigenvalue weighted by Gasteiger charge is 2.27. The smallest absolute Gasteiger partial charge is 0.257 e. The fraction of sp³-hybridized carbons (Fsp3) is 0.647. The number of piperazine rings is 1. The predicted octanol–water partition coefficient (Wildman–Crippen LogP) is 1.16. The molecule has 1 atom stereocenters. The Bertz CT molecular complexity index is 569. The number of rotatable bonds is 4. The average Bonchev–Trinajstić information content (AvgIpc) is 2.67. The first-order valence-corrected chi connectivity index (χ1v) is 8.80. The molecular formula is C17H25N5O2. The van der Waals surface area contributed by atoms with Gasteiger partial charge in [0.25, 0.3) is 5.91 Å². The Labute approximate surface area is 142 Å². The topological polar surface area (TPSA) is 69.6 Å². The zero-order valence-electron chi connectivity index (χ0n) is 14.2. The molecule has 1 unspecified atom stereocenters. The van der Waals surface area contributed by atoms with Gasteiger partial charge in [0.15, 0.2) is 0 Å². The molecule has 1 aromatic rings. The fourth-order valence-corrected chi connectivity index (χ4v) is 3.48. The molecule has 0 saturated carbocycles. The van der Waals surface area contributed by atoms with E-state index in [9.17, 15) is 9.59 Å². The van der Waals surface area contributed by atoms with Gasteiger partial charge in [0.2, 0.25) is 12.4 Å². The van der Waals surface area contributed by atoms with Gasteiger partial charge in [-0.25, -0.2) is 9.97 Å². The molecule has 0 spiro atoms. The first-order chi connectivity index (χ1) is 11.7. The zero-order valence-corrected chi connectivity index (χ0v) is 14.2. The number of piperidine rings is 1. The van der Waals surface area contributed by atoms with Crippen molar-refractivity contribution in [3.05, 3.63) is 18.0 Å². The molecule has 3 rings (SSSR count). The number of anilines is 1. The van der Waals surface area contributed by atoms with E-state index in [0.717, 1.165) is 45.3 Å². The van der Waals surface area contributed by atoms with Crippen LogP contribution >= 0.6 is 0 Å². The summed E-state index contributed by atoms with van der Waals surface area (Å²) >= 11 is 0. The number of carbonyl (C=O) groups is 2. The van der Waals surface area contributed by atoms with Crippen molar-refractivity contribution in [3.63, 3.8) is 0 Å². The molecule has 1 aromatic heterocycles. The summed E-state index contributed by atoms with van der Waals surface area (Å²) in [6.45, 7) is 5.76. The lowest BCUT2D eigenvalue weighted by Gasteiger charge is -2.35. The second-order valence-corrected chi connectivity index (χ2v) is 6.46. The van der Waals surface area contributed by atoms with Gasteiger partial charge in [0, 0.05) is 51.2 Å². The Morgan fingerprint density at radius 1 is 1.17 bits per heavy atom. The van der Waals surface area contributed by atoms with Gasteiger partial charge in [0.05, 0.1) is 5.56 Å². The lowest BCUT2D eigenvalue weighted by molar-refractivity contribution is -0.118. The van der Waals surface area contributed by atoms with E-state index < -0.39 is 0 Å². The van der Waals surface area contributed by atoms with Crippen molar-refractivity contribution in [1.29, 1.82) is 0 Å². The number of hydrogen-bond acceptors (Lipinski definition) is 5. The molecule has 7 nitrogen and oxygen atoms in total. The summed E-state index contributed by atoms with van der Waals surface area (Å²) in [5, 5.41) is 0. The molecule has 24 heavy (non-hydrogen) atoms. The van der Waals surface area contributed by atoms with Crippen LogP contribution in [0.1, 0.15) is 43.0 Å². The van der Waals surface area contributed by atoms with Crippen LogP contribution in [0.5, 0.6) is 0 Å². The number of carbonyl (C=O) groups excluding carboxylic acids is 2. The number of nitrogens with zero attached hydrogens (tertiary/aromatic N) is 5. The van der Waals surface area contributed by atoms with Crippen molar-refractivity contribution in [2.24, 2.45) is 0 Å². The maximum absolute atomic E-state index is 12.7. The average molecular weight is 331 g/mol. The molecule has 7 heteroatoms. The highest BCUT2D eigenvalue weighted by molar-refractivity contribution is 5.94. The van der Waals surface area contributed by atoms with Gasteiger partial charge in [-0.1, -0.05) is 6.92 Å². The van der Waals surface area contributed by atoms with Gasteiger partial charge in [-0.2, -0.15) is 0 Å². The summed E-state index contributed by atoms with van der Waals surface area (Å²) in [7, 11) is 0. The molecule has 2 saturated heterocycles. The molecule has 2 fully saturated rings. The summed E-state index contributed by atoms with van der Waals surface area (Å²) in [4.78, 5) is 38.0. The van der Waals surface area contributed by atoms with Crippen LogP contribution in [0.3, 0.4) is 0 Å². The maximum Gasteiger partial charge on any atom is 0.257 e. The van der Waals surface area contributed by atoms with E-state index in [2.05, 4.69) is 16.9 Å². The Hall–Kier alpha value is -2.18. The summed E-state index contributed by atoms with van der Waals surface area (Å²) < 4.78 is 0. The number of amides is 2. The summed E-state index contributed by atoms with van der Waals surface area (Å²) in [5.41, 5.74) is 0.561. The molecule has 3 heterocycles. The van der Waals surface area contributed by atoms with Crippen LogP contribution < -0.4 is 4.90 Å². The standard InChI is InChI=1S/C17H25N5O2/c1-2-15-5-3-4-6-22(15)16(24)14-11-18-17(19-12-14)21-9-7-20(13-23)8-10-21/h11-13,15H,2-10H2,1H3. The van der Waals surface area contributed by atoms with E-state index in [1.807, 2.05) is 9.80 Å². The second kappa shape index (κ2) is 7.59. The van der Waals surface area contributed by atoms with Crippen LogP contribution in [0, 0.1) is 0 Å². The minimum absolute atomic E-state index is 0.0406. The minimum atomic E-state index is 0.0406. The fourth-order valence-electron chi connectivity index (χ4n) is 3.48. The number of likely N-dealkylation sites (tertiary alicyclic amines) is 1. The van der Waals surface area contributed by atoms with E-state index in [4.69, 9.17) is 0 Å². The molecule has 2 aliphatic heterocycles. The highest BCUT2D eigenvalue weighted by atomic mass is 16.2. The van der Waals surface area contributed by atoms with Gasteiger partial charge in [0.1, 0.15) is 0 Å². The van der Waals surface area contributed by atoms with Crippen molar-refractivity contribution in [1.82, 2.24) is 19.8 Å². The minimum Gasteiger partial charge on any atom is -0.342 e. The molecule has 0 radical (unpaired) electrons. The van der Waals surface area contributed by atoms with Crippen molar-refractivity contribution in [2.45, 2.75) is 38.6 Å². The lowest BCUT2D eigenvalue weighted by Crippen LogP contribution is -2.46. The first kappa shape index (κ1) is 16.7. The highest BCUT2D eigenvalue weighted by Crippen LogP contribution is 2.21. The van der Waals surface area contributed by atoms with Gasteiger partial charge < -0.3 is 14.7 Å². The van der Waals surface area contributed by atoms with E-state index in [1.54, 1.807) is 17.3 Å². The maximum atomic E-state index is 12.7. The zero-order chi connectivity index (χ0) is 16.9. The Balaban J connectivity index is 1.65. The number of hydrogen-bond donors (Lipinski definition) is 0. The van der Waals surface area contributed by atoms with Crippen LogP contribution in [0.25, 0.3) is 0 Å². The van der Waals surface area contributed by atoms with Gasteiger partial charge in [-0.15, -0.1) is 0 Å². The SMILES string of the molecule is CCC1CCCCN1C(=O)c1cnc(N2CCN(C=O)CC2)nc1. The van der Waals surface area contributed by atoms with Gasteiger partial charge in [-0.3, -0.25) is 9.59 Å². The van der Waals surface area contributed by atoms with Crippen LogP contribution in [-0.4, -0.2) is 70.9 Å². The molecule has 0 aliphatic carbocycles. The van der Waals surface area contributed by atoms with Gasteiger partial charge in [-0.05, 0) is 25.7 Å². The van der Waals surface area contributed by atoms with E-state index >= 15 is 0 Å². The van der Waals surface area contributed by atoms with Crippen LogP contribution in [-0.2, 0) is 4.79 Å². The monoisotopic (exact) mass is 331 g/mol. The lowest BCUT2D eigenvalue weighted by atomic mass is 9.99. The molecule has 0 bridgehead atoms. The van der Waals surface area contributed by atoms with Crippen molar-refractivity contribution >= 4 is 18.3 Å². The third-order valence-corrected chi connectivity index (χ3v) is 4.99. The Morgan fingerprint density at radius 2 is 1.88 bits per heavy atom. The summed E-state index contributed by atoms with van der Waals surface area (Å²) in [6.07, 6.45) is 8.50. The Kier molecular flexibility index (Phi) is 5.27. The van der Waals surface area contributed by atoms with E-state index in [0.29, 0.717) is 30.6 Å².